The molecule has 2 aromatic rings. The van der Waals surface area contributed by atoms with E-state index in [9.17, 15) is 14.4 Å². The highest BCUT2D eigenvalue weighted by molar-refractivity contribution is 9.10. The number of benzene rings is 1. The lowest BCUT2D eigenvalue weighted by atomic mass is 9.93. The number of aromatic nitrogens is 1. The van der Waals surface area contributed by atoms with Gasteiger partial charge in [-0.25, -0.2) is 0 Å². The second kappa shape index (κ2) is 10.3. The van der Waals surface area contributed by atoms with Gasteiger partial charge in [-0.2, -0.15) is 0 Å². The van der Waals surface area contributed by atoms with E-state index in [0.29, 0.717) is 15.6 Å². The number of rotatable bonds is 5. The molecule has 0 bridgehead atoms. The number of nitrogens with zero attached hydrogens (tertiary/aromatic N) is 1. The van der Waals surface area contributed by atoms with Crippen molar-refractivity contribution in [3.63, 3.8) is 0 Å². The summed E-state index contributed by atoms with van der Waals surface area (Å²) in [4.78, 5) is 42.6. The molecule has 184 valence electrons. The highest BCUT2D eigenvalue weighted by Gasteiger charge is 2.30. The molecule has 0 spiro atoms. The number of hydrogen-bond donors (Lipinski definition) is 3. The van der Waals surface area contributed by atoms with E-state index in [2.05, 4.69) is 31.5 Å². The summed E-state index contributed by atoms with van der Waals surface area (Å²) in [6, 6.07) is 5.96. The van der Waals surface area contributed by atoms with Crippen LogP contribution in [0.4, 0.5) is 5.69 Å². The molecule has 2 heterocycles. The van der Waals surface area contributed by atoms with Gasteiger partial charge in [0.1, 0.15) is 0 Å². The van der Waals surface area contributed by atoms with E-state index in [1.807, 2.05) is 64.6 Å². The van der Waals surface area contributed by atoms with Gasteiger partial charge in [-0.15, -0.1) is 0 Å². The maximum Gasteiger partial charge on any atom is 0.253 e. The highest BCUT2D eigenvalue weighted by atomic mass is 79.9. The Morgan fingerprint density at radius 1 is 1.12 bits per heavy atom. The number of likely N-dealkylation sites (tertiary alicyclic amines) is 1. The molecular weight excluding hydrogens is 496 g/mol. The lowest BCUT2D eigenvalue weighted by Crippen LogP contribution is -2.46. The Kier molecular flexibility index (Phi) is 7.91. The third-order valence-electron chi connectivity index (χ3n) is 6.16. The second-order valence-electron chi connectivity index (χ2n) is 10.3. The van der Waals surface area contributed by atoms with Gasteiger partial charge < -0.3 is 20.5 Å². The minimum Gasteiger partial charge on any atom is -0.381 e. The Hall–Kier alpha value is -2.61. The number of halogens is 1. The standard InChI is InChI=1S/C26H35BrN4O3/c1-15-11-19(23(32)28-14-20-16(2)13-17(3)29-24(20)33)22(27)21(12-15)30-18-7-9-31(10-8-18)25(34)26(4,5)6/h11-13,18,30H,7-10,14H2,1-6H3,(H,28,32)(H,29,33). The molecule has 1 saturated heterocycles. The van der Waals surface area contributed by atoms with Crippen molar-refractivity contribution in [2.75, 3.05) is 18.4 Å². The monoisotopic (exact) mass is 530 g/mol. The molecule has 0 unspecified atom stereocenters. The maximum absolute atomic E-state index is 13.0. The van der Waals surface area contributed by atoms with E-state index >= 15 is 0 Å². The molecule has 3 rings (SSSR count). The van der Waals surface area contributed by atoms with Gasteiger partial charge >= 0.3 is 0 Å². The summed E-state index contributed by atoms with van der Waals surface area (Å²) in [5, 5.41) is 6.45. The van der Waals surface area contributed by atoms with Crippen LogP contribution in [-0.4, -0.2) is 40.8 Å². The first-order valence-electron chi connectivity index (χ1n) is 11.7. The molecule has 0 radical (unpaired) electrons. The van der Waals surface area contributed by atoms with Crippen molar-refractivity contribution in [3.05, 3.63) is 61.0 Å². The number of piperidine rings is 1. The minimum absolute atomic E-state index is 0.156. The van der Waals surface area contributed by atoms with Crippen LogP contribution in [0.25, 0.3) is 0 Å². The van der Waals surface area contributed by atoms with Crippen LogP contribution in [0.5, 0.6) is 0 Å². The van der Waals surface area contributed by atoms with Crippen molar-refractivity contribution in [2.24, 2.45) is 5.41 Å². The Labute approximate surface area is 209 Å². The van der Waals surface area contributed by atoms with Crippen LogP contribution >= 0.6 is 15.9 Å². The predicted octanol–water partition coefficient (Wildman–Crippen LogP) is 4.44. The van der Waals surface area contributed by atoms with Crippen LogP contribution in [0.1, 0.15) is 66.4 Å². The van der Waals surface area contributed by atoms with Gasteiger partial charge in [0.2, 0.25) is 5.91 Å². The zero-order valence-electron chi connectivity index (χ0n) is 20.9. The molecule has 0 atom stereocenters. The number of aromatic amines is 1. The summed E-state index contributed by atoms with van der Waals surface area (Å²) in [6.45, 7) is 13.1. The summed E-state index contributed by atoms with van der Waals surface area (Å²) in [5.41, 5.74) is 3.98. The van der Waals surface area contributed by atoms with Gasteiger partial charge in [0.25, 0.3) is 11.5 Å². The van der Waals surface area contributed by atoms with Crippen LogP contribution in [0, 0.1) is 26.2 Å². The summed E-state index contributed by atoms with van der Waals surface area (Å²) in [7, 11) is 0. The van der Waals surface area contributed by atoms with Gasteiger partial charge in [0.05, 0.1) is 10.0 Å². The summed E-state index contributed by atoms with van der Waals surface area (Å²) < 4.78 is 0.693. The normalized spacial score (nSPS) is 14.7. The van der Waals surface area contributed by atoms with E-state index in [-0.39, 0.29) is 35.4 Å². The molecule has 7 nitrogen and oxygen atoms in total. The fraction of sp³-hybridized carbons (Fsp3) is 0.500. The number of aryl methyl sites for hydroxylation is 3. The fourth-order valence-electron chi connectivity index (χ4n) is 4.33. The van der Waals surface area contributed by atoms with Crippen LogP contribution in [0.2, 0.25) is 0 Å². The SMILES string of the molecule is Cc1cc(NC2CCN(C(=O)C(C)(C)C)CC2)c(Br)c(C(=O)NCc2c(C)cc(C)[nH]c2=O)c1. The average Bonchev–Trinajstić information content (AvgIpc) is 2.74. The first kappa shape index (κ1) is 26.0. The van der Waals surface area contributed by atoms with Gasteiger partial charge in [-0.1, -0.05) is 20.8 Å². The van der Waals surface area contributed by atoms with E-state index in [1.165, 1.54) is 0 Å². The molecule has 3 N–H and O–H groups in total. The highest BCUT2D eigenvalue weighted by Crippen LogP contribution is 2.31. The topological polar surface area (TPSA) is 94.3 Å². The van der Waals surface area contributed by atoms with Crippen LogP contribution in [0.3, 0.4) is 0 Å². The van der Waals surface area contributed by atoms with E-state index in [0.717, 1.165) is 48.4 Å². The number of carbonyl (C=O) groups excluding carboxylic acids is 2. The number of pyridine rings is 1. The molecule has 0 aliphatic carbocycles. The Morgan fingerprint density at radius 2 is 1.76 bits per heavy atom. The molecule has 8 heteroatoms. The van der Waals surface area contributed by atoms with Crippen molar-refractivity contribution < 1.29 is 9.59 Å². The van der Waals surface area contributed by atoms with Gasteiger partial charge in [0, 0.05) is 48.0 Å². The molecule has 34 heavy (non-hydrogen) atoms. The van der Waals surface area contributed by atoms with Gasteiger partial charge in [-0.05, 0) is 78.9 Å². The van der Waals surface area contributed by atoms with Crippen molar-refractivity contribution >= 4 is 33.4 Å². The smallest absolute Gasteiger partial charge is 0.253 e. The second-order valence-corrected chi connectivity index (χ2v) is 11.1. The first-order chi connectivity index (χ1) is 15.9. The number of nitrogens with one attached hydrogen (secondary N) is 3. The molecule has 0 saturated carbocycles. The molecular formula is C26H35BrN4O3. The zero-order valence-corrected chi connectivity index (χ0v) is 22.5. The number of anilines is 1. The maximum atomic E-state index is 13.0. The van der Waals surface area contributed by atoms with E-state index < -0.39 is 0 Å². The van der Waals surface area contributed by atoms with E-state index in [4.69, 9.17) is 0 Å². The van der Waals surface area contributed by atoms with Crippen molar-refractivity contribution in [1.82, 2.24) is 15.2 Å². The summed E-state index contributed by atoms with van der Waals surface area (Å²) in [5.74, 6) is -0.0621. The molecule has 1 aromatic carbocycles. The van der Waals surface area contributed by atoms with Gasteiger partial charge in [0.15, 0.2) is 0 Å². The number of carbonyl (C=O) groups is 2. The Balaban J connectivity index is 1.69. The quantitative estimate of drug-likeness (QED) is 0.532. The van der Waals surface area contributed by atoms with E-state index in [1.54, 1.807) is 0 Å². The first-order valence-corrected chi connectivity index (χ1v) is 12.5. The molecule has 1 aliphatic heterocycles. The third-order valence-corrected chi connectivity index (χ3v) is 7.02. The summed E-state index contributed by atoms with van der Waals surface area (Å²) in [6.07, 6.45) is 1.69. The third kappa shape index (κ3) is 6.09. The van der Waals surface area contributed by atoms with Crippen molar-refractivity contribution in [1.29, 1.82) is 0 Å². The average molecular weight is 531 g/mol. The number of hydrogen-bond acceptors (Lipinski definition) is 4. The van der Waals surface area contributed by atoms with Crippen molar-refractivity contribution in [2.45, 2.75) is 67.0 Å². The number of H-pyrrole nitrogens is 1. The molecule has 2 amide bonds. The molecule has 1 aliphatic rings. The van der Waals surface area contributed by atoms with Gasteiger partial charge in [-0.3, -0.25) is 14.4 Å². The lowest BCUT2D eigenvalue weighted by Gasteiger charge is -2.36. The Bertz CT molecular complexity index is 1140. The van der Waals surface area contributed by atoms with Crippen LogP contribution < -0.4 is 16.2 Å². The largest absolute Gasteiger partial charge is 0.381 e. The molecule has 1 aromatic heterocycles. The zero-order chi connectivity index (χ0) is 25.2. The van der Waals surface area contributed by atoms with Crippen LogP contribution in [-0.2, 0) is 11.3 Å². The summed E-state index contributed by atoms with van der Waals surface area (Å²) >= 11 is 3.61. The minimum atomic E-state index is -0.371. The predicted molar refractivity (Wildman–Crippen MR) is 139 cm³/mol. The molecule has 1 fully saturated rings. The number of amides is 2. The Morgan fingerprint density at radius 3 is 2.35 bits per heavy atom. The van der Waals surface area contributed by atoms with Crippen molar-refractivity contribution in [3.8, 4) is 0 Å². The fourth-order valence-corrected chi connectivity index (χ4v) is 4.85. The van der Waals surface area contributed by atoms with Crippen LogP contribution in [0.15, 0.2) is 27.5 Å². The lowest BCUT2D eigenvalue weighted by molar-refractivity contribution is -0.140.